The Kier molecular flexibility index (Phi) is 11.3. The maximum atomic E-state index is 9.57. The Hall–Kier alpha value is -6.08. The summed E-state index contributed by atoms with van der Waals surface area (Å²) in [5.74, 6) is 0. The molecule has 5 nitrogen and oxygen atoms in total. The van der Waals surface area contributed by atoms with E-state index in [-0.39, 0.29) is 0 Å². The Morgan fingerprint density at radius 1 is 0.526 bits per heavy atom. The maximum absolute atomic E-state index is 9.57. The first kappa shape index (κ1) is 37.8. The first-order valence-electron chi connectivity index (χ1n) is 18.7. The molecule has 57 heavy (non-hydrogen) atoms. The van der Waals surface area contributed by atoms with Crippen LogP contribution < -0.4 is 10.9 Å². The third-order valence-electron chi connectivity index (χ3n) is 10.2. The van der Waals surface area contributed by atoms with Crippen LogP contribution in [0.5, 0.6) is 0 Å². The van der Waals surface area contributed by atoms with Crippen LogP contribution in [0, 0.1) is 6.08 Å². The second-order valence-electron chi connectivity index (χ2n) is 13.8. The van der Waals surface area contributed by atoms with Crippen LogP contribution in [0.3, 0.4) is 0 Å². The average Bonchev–Trinajstić information content (AvgIpc) is 3.80. The average molecular weight is 805 g/mol. The Morgan fingerprint density at radius 3 is 1.72 bits per heavy atom. The largest absolute Gasteiger partial charge is 0.488 e. The molecule has 0 unspecified atom stereocenters. The van der Waals surface area contributed by atoms with Gasteiger partial charge in [0.2, 0.25) is 0 Å². The standard InChI is InChI=1S/C24H18BNO2.C13H10BO2.C12H9Br/c27-25(28)19-12-15-24-22(16-19)21-8-4-5-9-23(21)26(24)20-13-10-18(11-14-20)17-6-2-1-3-7-17;15-14(16)11-6-5-10-7-9-3-1-2-4-12(9)13(10)8-11;13-12-8-6-11(7-9-12)10-4-2-1-3-5-10/h1-16,27-28H;2-6,8,15-16H,7H2;1-9H/q;+1;. The van der Waals surface area contributed by atoms with Gasteiger partial charge in [0.15, 0.2) is 0 Å². The number of hydrogen-bond donors (Lipinski definition) is 4. The first-order valence-corrected chi connectivity index (χ1v) is 19.5. The topological polar surface area (TPSA) is 85.8 Å². The second kappa shape index (κ2) is 17.0. The van der Waals surface area contributed by atoms with Crippen molar-refractivity contribution in [1.82, 2.24) is 4.57 Å². The molecule has 0 fully saturated rings. The Morgan fingerprint density at radius 2 is 1.07 bits per heavy atom. The first-order chi connectivity index (χ1) is 27.8. The van der Waals surface area contributed by atoms with Gasteiger partial charge in [0, 0.05) is 39.0 Å². The predicted octanol–water partition coefficient (Wildman–Crippen LogP) is 8.85. The zero-order valence-corrected chi connectivity index (χ0v) is 32.5. The third-order valence-corrected chi connectivity index (χ3v) is 10.8. The fourth-order valence-corrected chi connectivity index (χ4v) is 7.64. The Labute approximate surface area is 341 Å². The molecule has 8 heteroatoms. The van der Waals surface area contributed by atoms with Gasteiger partial charge < -0.3 is 24.7 Å². The van der Waals surface area contributed by atoms with Crippen molar-refractivity contribution in [2.24, 2.45) is 0 Å². The molecular formula is C49H37B2BrNO4+. The van der Waals surface area contributed by atoms with E-state index in [4.69, 9.17) is 10.0 Å². The lowest BCUT2D eigenvalue weighted by atomic mass is 9.78. The summed E-state index contributed by atoms with van der Waals surface area (Å²) in [6, 6.07) is 56.9. The maximum Gasteiger partial charge on any atom is 0.488 e. The molecule has 0 saturated carbocycles. The molecule has 0 atom stereocenters. The summed E-state index contributed by atoms with van der Waals surface area (Å²) < 4.78 is 3.33. The fraction of sp³-hybridized carbons (Fsp3) is 0.0204. The number of halogens is 1. The van der Waals surface area contributed by atoms with Gasteiger partial charge in [-0.15, -0.1) is 0 Å². The Balaban J connectivity index is 0.000000132. The van der Waals surface area contributed by atoms with Crippen molar-refractivity contribution in [2.75, 3.05) is 0 Å². The van der Waals surface area contributed by atoms with Crippen LogP contribution in [0.15, 0.2) is 198 Å². The van der Waals surface area contributed by atoms with Gasteiger partial charge in [-0.25, -0.2) is 0 Å². The highest BCUT2D eigenvalue weighted by molar-refractivity contribution is 9.10. The molecule has 4 N–H and O–H groups in total. The molecule has 8 aromatic rings. The summed E-state index contributed by atoms with van der Waals surface area (Å²) in [6.45, 7) is 0. The minimum absolute atomic E-state index is 0.495. The van der Waals surface area contributed by atoms with Crippen molar-refractivity contribution in [1.29, 1.82) is 0 Å². The molecule has 7 aromatic carbocycles. The lowest BCUT2D eigenvalue weighted by Gasteiger charge is -2.09. The molecular weight excluding hydrogens is 768 g/mol. The van der Waals surface area contributed by atoms with Crippen LogP contribution in [-0.2, 0) is 6.42 Å². The van der Waals surface area contributed by atoms with Gasteiger partial charge in [0.1, 0.15) is 12.2 Å². The van der Waals surface area contributed by atoms with Gasteiger partial charge >= 0.3 is 14.2 Å². The van der Waals surface area contributed by atoms with E-state index in [2.05, 4.69) is 124 Å². The monoisotopic (exact) mass is 804 g/mol. The zero-order valence-electron chi connectivity index (χ0n) is 30.9. The van der Waals surface area contributed by atoms with Crippen molar-refractivity contribution in [3.05, 3.63) is 215 Å². The summed E-state index contributed by atoms with van der Waals surface area (Å²) in [4.78, 5) is 0. The van der Waals surface area contributed by atoms with E-state index in [1.54, 1.807) is 12.1 Å². The summed E-state index contributed by atoms with van der Waals surface area (Å²) in [5, 5.41) is 39.5. The lowest BCUT2D eigenvalue weighted by molar-refractivity contribution is 0.424. The van der Waals surface area contributed by atoms with Crippen molar-refractivity contribution < 1.29 is 20.1 Å². The number of rotatable bonds is 5. The predicted molar refractivity (Wildman–Crippen MR) is 239 cm³/mol. The van der Waals surface area contributed by atoms with E-state index >= 15 is 0 Å². The van der Waals surface area contributed by atoms with Gasteiger partial charge in [-0.05, 0) is 75.1 Å². The molecule has 1 aromatic heterocycles. The van der Waals surface area contributed by atoms with E-state index in [1.165, 1.54) is 39.0 Å². The highest BCUT2D eigenvalue weighted by Gasteiger charge is 2.27. The number of fused-ring (bicyclic) bond motifs is 5. The molecule has 0 saturated heterocycles. The van der Waals surface area contributed by atoms with E-state index in [0.29, 0.717) is 10.9 Å². The number of hydrogen-bond acceptors (Lipinski definition) is 4. The molecule has 0 aliphatic heterocycles. The van der Waals surface area contributed by atoms with Crippen LogP contribution >= 0.6 is 15.9 Å². The van der Waals surface area contributed by atoms with Crippen molar-refractivity contribution in [2.45, 2.75) is 6.42 Å². The number of aromatic nitrogens is 1. The smallest absolute Gasteiger partial charge is 0.423 e. The van der Waals surface area contributed by atoms with E-state index < -0.39 is 14.2 Å². The molecule has 0 radical (unpaired) electrons. The molecule has 0 spiro atoms. The molecule has 2 aliphatic carbocycles. The van der Waals surface area contributed by atoms with Gasteiger partial charge in [0.05, 0.1) is 28.3 Å². The lowest BCUT2D eigenvalue weighted by Crippen LogP contribution is -2.29. The summed E-state index contributed by atoms with van der Waals surface area (Å²) >= 11 is 3.42. The molecule has 0 amide bonds. The van der Waals surface area contributed by atoms with E-state index in [1.807, 2.05) is 78.9 Å². The van der Waals surface area contributed by atoms with Crippen LogP contribution in [0.25, 0.3) is 55.3 Å². The van der Waals surface area contributed by atoms with Crippen LogP contribution in [0.1, 0.15) is 11.1 Å². The van der Waals surface area contributed by atoms with Crippen molar-refractivity contribution in [3.63, 3.8) is 0 Å². The Bertz CT molecular complexity index is 2760. The quantitative estimate of drug-likeness (QED) is 0.104. The molecule has 10 rings (SSSR count). The van der Waals surface area contributed by atoms with Crippen LogP contribution in [-0.4, -0.2) is 38.9 Å². The number of allylic oxidation sites excluding steroid dienone is 6. The summed E-state index contributed by atoms with van der Waals surface area (Å²) in [5.41, 5.74) is 13.9. The minimum atomic E-state index is -1.48. The number of para-hydroxylation sites is 1. The summed E-state index contributed by atoms with van der Waals surface area (Å²) in [7, 11) is -2.87. The minimum Gasteiger partial charge on any atom is -0.423 e. The van der Waals surface area contributed by atoms with Crippen molar-refractivity contribution in [3.8, 4) is 27.9 Å². The van der Waals surface area contributed by atoms with Gasteiger partial charge in [-0.3, -0.25) is 0 Å². The second-order valence-corrected chi connectivity index (χ2v) is 14.8. The van der Waals surface area contributed by atoms with E-state index in [0.717, 1.165) is 44.0 Å². The number of benzene rings is 7. The third kappa shape index (κ3) is 8.24. The molecule has 0 bridgehead atoms. The summed E-state index contributed by atoms with van der Waals surface area (Å²) in [6.07, 6.45) is 9.87. The highest BCUT2D eigenvalue weighted by atomic mass is 79.9. The zero-order chi connectivity index (χ0) is 39.3. The molecule has 2 aliphatic rings. The van der Waals surface area contributed by atoms with E-state index in [9.17, 15) is 10.0 Å². The van der Waals surface area contributed by atoms with Gasteiger partial charge in [-0.2, -0.15) is 0 Å². The molecule has 1 heterocycles. The number of nitrogens with zero attached hydrogens (tertiary/aromatic N) is 1. The SMILES string of the molecule is Brc1ccc(-c2ccccc2)cc1.OB(O)c1ccc2c(c1)C1=C(C=[C+]C=C1)C2.OB(O)c1ccc2c(c1)c1ccccc1n2-c1ccc(-c2ccccc2)cc1. The van der Waals surface area contributed by atoms with Gasteiger partial charge in [-0.1, -0.05) is 149 Å². The fourth-order valence-electron chi connectivity index (χ4n) is 7.37. The highest BCUT2D eigenvalue weighted by Crippen LogP contribution is 2.36. The van der Waals surface area contributed by atoms with Crippen LogP contribution in [0.4, 0.5) is 0 Å². The normalized spacial score (nSPS) is 12.2. The van der Waals surface area contributed by atoms with Crippen LogP contribution in [0.2, 0.25) is 0 Å². The van der Waals surface area contributed by atoms with Gasteiger partial charge in [0.25, 0.3) is 0 Å². The molecule has 274 valence electrons. The van der Waals surface area contributed by atoms with Crippen molar-refractivity contribution >= 4 is 68.5 Å².